The van der Waals surface area contributed by atoms with Crippen molar-refractivity contribution in [3.05, 3.63) is 18.0 Å². The smallest absolute Gasteiger partial charge is 0.303 e. The van der Waals surface area contributed by atoms with Crippen molar-refractivity contribution in [3.8, 4) is 0 Å². The molecule has 4 atom stereocenters. The van der Waals surface area contributed by atoms with E-state index in [2.05, 4.69) is 41.4 Å². The summed E-state index contributed by atoms with van der Waals surface area (Å²) in [7, 11) is 0. The van der Waals surface area contributed by atoms with Crippen molar-refractivity contribution in [1.29, 1.82) is 0 Å². The SMILES string of the molecule is CC(C)(C)c1ccnc(N[C@@H]2CO[C@@H]3[C@@H]2OC[C@@H]3NC(=O)CCC(=O)O)n1. The fourth-order valence-corrected chi connectivity index (χ4v) is 3.26. The van der Waals surface area contributed by atoms with Crippen LogP contribution in [-0.4, -0.2) is 64.5 Å². The summed E-state index contributed by atoms with van der Waals surface area (Å²) in [6.07, 6.45) is 0.974. The van der Waals surface area contributed by atoms with Gasteiger partial charge in [-0.3, -0.25) is 9.59 Å². The van der Waals surface area contributed by atoms with Gasteiger partial charge in [-0.2, -0.15) is 0 Å². The van der Waals surface area contributed by atoms with E-state index < -0.39 is 5.97 Å². The fraction of sp³-hybridized carbons (Fsp3) is 0.667. The van der Waals surface area contributed by atoms with E-state index >= 15 is 0 Å². The Hall–Kier alpha value is -2.26. The van der Waals surface area contributed by atoms with Crippen molar-refractivity contribution < 1.29 is 24.2 Å². The lowest BCUT2D eigenvalue weighted by Crippen LogP contribution is -2.44. The molecule has 0 aliphatic carbocycles. The Morgan fingerprint density at radius 2 is 1.85 bits per heavy atom. The van der Waals surface area contributed by atoms with Gasteiger partial charge in [0.25, 0.3) is 0 Å². The van der Waals surface area contributed by atoms with Gasteiger partial charge in [-0.1, -0.05) is 20.8 Å². The lowest BCUT2D eigenvalue weighted by molar-refractivity contribution is -0.139. The van der Waals surface area contributed by atoms with E-state index in [1.54, 1.807) is 6.20 Å². The summed E-state index contributed by atoms with van der Waals surface area (Å²) >= 11 is 0. The van der Waals surface area contributed by atoms with Gasteiger partial charge < -0.3 is 25.2 Å². The van der Waals surface area contributed by atoms with E-state index in [-0.39, 0.29) is 48.5 Å². The van der Waals surface area contributed by atoms with Crippen LogP contribution in [0.25, 0.3) is 0 Å². The zero-order chi connectivity index (χ0) is 19.6. The van der Waals surface area contributed by atoms with Crippen LogP contribution < -0.4 is 10.6 Å². The van der Waals surface area contributed by atoms with Gasteiger partial charge in [0.05, 0.1) is 37.4 Å². The Bertz CT molecular complexity index is 705. The van der Waals surface area contributed by atoms with Gasteiger partial charge in [-0.05, 0) is 6.07 Å². The minimum atomic E-state index is -0.996. The number of rotatable bonds is 6. The third kappa shape index (κ3) is 4.72. The van der Waals surface area contributed by atoms with E-state index in [1.165, 1.54) is 0 Å². The number of fused-ring (bicyclic) bond motifs is 1. The number of carbonyl (C=O) groups excluding carboxylic acids is 1. The second kappa shape index (κ2) is 7.77. The molecule has 2 fully saturated rings. The standard InChI is InChI=1S/C18H26N4O5/c1-18(2,3)12-6-7-19-17(22-12)21-11-9-27-15-10(8-26-16(11)15)20-13(23)4-5-14(24)25/h6-7,10-11,15-16H,4-5,8-9H2,1-3H3,(H,20,23)(H,24,25)(H,19,21,22)/t10-,11+,15-,16+/m0/s1. The molecule has 27 heavy (non-hydrogen) atoms. The summed E-state index contributed by atoms with van der Waals surface area (Å²) in [4.78, 5) is 31.3. The number of amides is 1. The fourth-order valence-electron chi connectivity index (χ4n) is 3.26. The Morgan fingerprint density at radius 1 is 1.19 bits per heavy atom. The van der Waals surface area contributed by atoms with Crippen molar-refractivity contribution in [2.24, 2.45) is 0 Å². The molecule has 3 heterocycles. The average molecular weight is 378 g/mol. The van der Waals surface area contributed by atoms with Crippen LogP contribution in [0, 0.1) is 0 Å². The molecular weight excluding hydrogens is 352 g/mol. The van der Waals surface area contributed by atoms with E-state index in [4.69, 9.17) is 14.6 Å². The highest BCUT2D eigenvalue weighted by molar-refractivity contribution is 5.80. The number of aliphatic carboxylic acids is 1. The first-order valence-corrected chi connectivity index (χ1v) is 9.08. The van der Waals surface area contributed by atoms with Gasteiger partial charge in [0.15, 0.2) is 0 Å². The average Bonchev–Trinajstić information content (AvgIpc) is 3.16. The van der Waals surface area contributed by atoms with Gasteiger partial charge in [-0.15, -0.1) is 0 Å². The van der Waals surface area contributed by atoms with Crippen LogP contribution >= 0.6 is 0 Å². The third-order valence-corrected chi connectivity index (χ3v) is 4.70. The minimum Gasteiger partial charge on any atom is -0.481 e. The van der Waals surface area contributed by atoms with Gasteiger partial charge >= 0.3 is 5.97 Å². The predicted octanol–water partition coefficient (Wildman–Crippen LogP) is 0.702. The van der Waals surface area contributed by atoms with Crippen molar-refractivity contribution in [1.82, 2.24) is 15.3 Å². The summed E-state index contributed by atoms with van der Waals surface area (Å²) < 4.78 is 11.6. The van der Waals surface area contributed by atoms with Crippen LogP contribution in [0.3, 0.4) is 0 Å². The largest absolute Gasteiger partial charge is 0.481 e. The summed E-state index contributed by atoms with van der Waals surface area (Å²) in [6, 6.07) is 1.49. The van der Waals surface area contributed by atoms with Crippen molar-refractivity contribution in [2.75, 3.05) is 18.5 Å². The van der Waals surface area contributed by atoms with Gasteiger partial charge in [0, 0.05) is 18.0 Å². The molecule has 3 rings (SSSR count). The quantitative estimate of drug-likeness (QED) is 0.661. The van der Waals surface area contributed by atoms with E-state index in [9.17, 15) is 9.59 Å². The summed E-state index contributed by atoms with van der Waals surface area (Å²) in [5.74, 6) is -0.786. The monoisotopic (exact) mass is 378 g/mol. The molecule has 0 saturated carbocycles. The molecule has 1 amide bonds. The Balaban J connectivity index is 1.58. The van der Waals surface area contributed by atoms with Crippen LogP contribution in [-0.2, 0) is 24.5 Å². The molecule has 3 N–H and O–H groups in total. The molecule has 9 heteroatoms. The summed E-state index contributed by atoms with van der Waals surface area (Å²) in [6.45, 7) is 7.01. The minimum absolute atomic E-state index is 0.0572. The van der Waals surface area contributed by atoms with Crippen LogP contribution in [0.2, 0.25) is 0 Å². The lowest BCUT2D eigenvalue weighted by atomic mass is 9.92. The molecule has 0 bridgehead atoms. The molecule has 9 nitrogen and oxygen atoms in total. The summed E-state index contributed by atoms with van der Waals surface area (Å²) in [5.41, 5.74) is 0.856. The van der Waals surface area contributed by atoms with Crippen LogP contribution in [0.5, 0.6) is 0 Å². The maximum absolute atomic E-state index is 11.9. The number of nitrogens with zero attached hydrogens (tertiary/aromatic N) is 2. The molecule has 0 aromatic carbocycles. The first-order valence-electron chi connectivity index (χ1n) is 9.08. The van der Waals surface area contributed by atoms with Crippen LogP contribution in [0.4, 0.5) is 5.95 Å². The Morgan fingerprint density at radius 3 is 2.52 bits per heavy atom. The molecule has 2 aliphatic rings. The molecule has 0 spiro atoms. The number of anilines is 1. The third-order valence-electron chi connectivity index (χ3n) is 4.70. The zero-order valence-corrected chi connectivity index (χ0v) is 15.8. The number of hydrogen-bond acceptors (Lipinski definition) is 7. The molecule has 2 aliphatic heterocycles. The van der Waals surface area contributed by atoms with Crippen molar-refractivity contribution >= 4 is 17.8 Å². The molecule has 1 aromatic heterocycles. The highest BCUT2D eigenvalue weighted by Crippen LogP contribution is 2.29. The predicted molar refractivity (Wildman–Crippen MR) is 96.4 cm³/mol. The lowest BCUT2D eigenvalue weighted by Gasteiger charge is -2.21. The highest BCUT2D eigenvalue weighted by Gasteiger charge is 2.48. The Kier molecular flexibility index (Phi) is 5.61. The van der Waals surface area contributed by atoms with Crippen LogP contribution in [0.15, 0.2) is 12.3 Å². The number of carboxylic acids is 1. The maximum atomic E-state index is 11.9. The zero-order valence-electron chi connectivity index (χ0n) is 15.8. The molecule has 0 unspecified atom stereocenters. The number of nitrogens with one attached hydrogen (secondary N) is 2. The first kappa shape index (κ1) is 19.5. The summed E-state index contributed by atoms with van der Waals surface area (Å²) in [5, 5.41) is 14.8. The van der Waals surface area contributed by atoms with Crippen molar-refractivity contribution in [3.63, 3.8) is 0 Å². The van der Waals surface area contributed by atoms with E-state index in [0.717, 1.165) is 5.69 Å². The van der Waals surface area contributed by atoms with Gasteiger partial charge in [-0.25, -0.2) is 9.97 Å². The Labute approximate surface area is 157 Å². The van der Waals surface area contributed by atoms with Gasteiger partial charge in [0.2, 0.25) is 11.9 Å². The normalized spacial score (nSPS) is 27.2. The van der Waals surface area contributed by atoms with Crippen LogP contribution in [0.1, 0.15) is 39.3 Å². The number of carboxylic acid groups (broad SMARTS) is 1. The van der Waals surface area contributed by atoms with Crippen molar-refractivity contribution in [2.45, 2.75) is 63.3 Å². The number of aromatic nitrogens is 2. The topological polar surface area (TPSA) is 123 Å². The molecule has 148 valence electrons. The van der Waals surface area contributed by atoms with E-state index in [0.29, 0.717) is 19.2 Å². The number of ether oxygens (including phenoxy) is 2. The second-order valence-electron chi connectivity index (χ2n) is 7.93. The molecular formula is C18H26N4O5. The molecule has 0 radical (unpaired) electrons. The van der Waals surface area contributed by atoms with E-state index in [1.807, 2.05) is 6.07 Å². The molecule has 1 aromatic rings. The number of carbonyl (C=O) groups is 2. The van der Waals surface area contributed by atoms with Gasteiger partial charge in [0.1, 0.15) is 12.2 Å². The second-order valence-corrected chi connectivity index (χ2v) is 7.93. The highest BCUT2D eigenvalue weighted by atomic mass is 16.6. The first-order chi connectivity index (χ1) is 12.7. The number of hydrogen-bond donors (Lipinski definition) is 3. The maximum Gasteiger partial charge on any atom is 0.303 e. The molecule has 2 saturated heterocycles.